The monoisotopic (exact) mass is 328 g/mol. The summed E-state index contributed by atoms with van der Waals surface area (Å²) in [6.07, 6.45) is 5.85. The molecule has 1 unspecified atom stereocenters. The Balaban J connectivity index is 1.58. The lowest BCUT2D eigenvalue weighted by molar-refractivity contribution is -0.887. The lowest BCUT2D eigenvalue weighted by Gasteiger charge is -2.34. The average Bonchev–Trinajstić information content (AvgIpc) is 2.63. The van der Waals surface area contributed by atoms with Crippen molar-refractivity contribution in [3.05, 3.63) is 42.0 Å². The molecule has 1 saturated heterocycles. The van der Waals surface area contributed by atoms with Gasteiger partial charge in [-0.25, -0.2) is 0 Å². The zero-order chi connectivity index (χ0) is 16.9. The normalized spacial score (nSPS) is 24.3. The van der Waals surface area contributed by atoms with Crippen molar-refractivity contribution in [2.75, 3.05) is 26.2 Å². The van der Waals surface area contributed by atoms with Gasteiger partial charge in [-0.15, -0.1) is 0 Å². The van der Waals surface area contributed by atoms with Crippen LogP contribution in [0.1, 0.15) is 31.2 Å². The predicted molar refractivity (Wildman–Crippen MR) is 93.1 cm³/mol. The van der Waals surface area contributed by atoms with E-state index in [1.165, 1.54) is 16.0 Å². The second-order valence-electron chi connectivity index (χ2n) is 6.73. The molecule has 1 aromatic rings. The number of primary amides is 1. The summed E-state index contributed by atoms with van der Waals surface area (Å²) in [6, 6.07) is 9.99. The summed E-state index contributed by atoms with van der Waals surface area (Å²) in [7, 11) is 0. The van der Waals surface area contributed by atoms with Crippen LogP contribution in [-0.4, -0.2) is 48.9 Å². The lowest BCUT2D eigenvalue weighted by atomic mass is 9.99. The maximum atomic E-state index is 12.6. The molecule has 24 heavy (non-hydrogen) atoms. The van der Waals surface area contributed by atoms with E-state index in [9.17, 15) is 9.59 Å². The van der Waals surface area contributed by atoms with Gasteiger partial charge < -0.3 is 15.5 Å². The Bertz CT molecular complexity index is 627. The van der Waals surface area contributed by atoms with Gasteiger partial charge in [-0.05, 0) is 36.5 Å². The number of nitrogens with zero attached hydrogens (tertiary/aromatic N) is 1. The van der Waals surface area contributed by atoms with Crippen LogP contribution in [0.2, 0.25) is 0 Å². The van der Waals surface area contributed by atoms with Crippen molar-refractivity contribution in [1.29, 1.82) is 0 Å². The first-order valence-electron chi connectivity index (χ1n) is 8.82. The largest absolute Gasteiger partial charge is 0.368 e. The highest BCUT2D eigenvalue weighted by Gasteiger charge is 2.32. The summed E-state index contributed by atoms with van der Waals surface area (Å²) in [5.41, 5.74) is 8.09. The highest BCUT2D eigenvalue weighted by atomic mass is 16.2. The van der Waals surface area contributed by atoms with Crippen molar-refractivity contribution < 1.29 is 14.5 Å². The third-order valence-electron chi connectivity index (χ3n) is 5.08. The minimum absolute atomic E-state index is 0.0602. The van der Waals surface area contributed by atoms with Crippen molar-refractivity contribution in [3.63, 3.8) is 0 Å². The van der Waals surface area contributed by atoms with Crippen molar-refractivity contribution in [2.24, 2.45) is 5.73 Å². The number of piperidine rings is 1. The molecule has 2 aliphatic rings. The predicted octanol–water partition coefficient (Wildman–Crippen LogP) is 0.225. The highest BCUT2D eigenvalue weighted by molar-refractivity contribution is 5.87. The molecule has 0 spiro atoms. The molecule has 3 rings (SSSR count). The van der Waals surface area contributed by atoms with E-state index >= 15 is 0 Å². The van der Waals surface area contributed by atoms with Gasteiger partial charge in [0.1, 0.15) is 6.04 Å². The molecule has 2 atom stereocenters. The van der Waals surface area contributed by atoms with Crippen molar-refractivity contribution in [3.8, 4) is 0 Å². The van der Waals surface area contributed by atoms with Gasteiger partial charge in [0.15, 0.2) is 6.54 Å². The number of rotatable bonds is 4. The zero-order valence-corrected chi connectivity index (χ0v) is 14.0. The zero-order valence-electron chi connectivity index (χ0n) is 14.0. The van der Waals surface area contributed by atoms with E-state index in [0.717, 1.165) is 32.4 Å². The minimum Gasteiger partial charge on any atom is -0.368 e. The number of nitrogens with two attached hydrogens (primary N) is 1. The summed E-state index contributed by atoms with van der Waals surface area (Å²) in [4.78, 5) is 27.1. The molecule has 2 aliphatic heterocycles. The van der Waals surface area contributed by atoms with Crippen molar-refractivity contribution >= 4 is 17.4 Å². The molecule has 0 radical (unpaired) electrons. The Morgan fingerprint density at radius 3 is 2.67 bits per heavy atom. The van der Waals surface area contributed by atoms with Crippen LogP contribution >= 0.6 is 0 Å². The van der Waals surface area contributed by atoms with Crippen LogP contribution in [0.3, 0.4) is 0 Å². The fourth-order valence-electron chi connectivity index (χ4n) is 3.70. The first kappa shape index (κ1) is 16.7. The lowest BCUT2D eigenvalue weighted by Crippen LogP contribution is -3.13. The van der Waals surface area contributed by atoms with Gasteiger partial charge in [0, 0.05) is 13.0 Å². The fourth-order valence-corrected chi connectivity index (χ4v) is 3.70. The number of benzene rings is 1. The summed E-state index contributed by atoms with van der Waals surface area (Å²) >= 11 is 0. The van der Waals surface area contributed by atoms with Gasteiger partial charge in [-0.1, -0.05) is 30.3 Å². The summed E-state index contributed by atoms with van der Waals surface area (Å²) < 4.78 is 0. The van der Waals surface area contributed by atoms with Crippen LogP contribution in [0.15, 0.2) is 36.4 Å². The molecule has 0 saturated carbocycles. The van der Waals surface area contributed by atoms with Crippen LogP contribution in [0, 0.1) is 0 Å². The quantitative estimate of drug-likeness (QED) is 0.831. The minimum atomic E-state index is -0.411. The summed E-state index contributed by atoms with van der Waals surface area (Å²) in [5, 5.41) is 0. The molecular formula is C19H26N3O2+. The SMILES string of the molecule is NC(=O)[C@@H]1CCCCN1C(=O)C[NH+]1CC=C(c2ccccc2)CC1. The first-order valence-corrected chi connectivity index (χ1v) is 8.82. The number of likely N-dealkylation sites (tertiary alicyclic amines) is 1. The van der Waals surface area contributed by atoms with E-state index in [1.807, 2.05) is 6.07 Å². The van der Waals surface area contributed by atoms with Crippen LogP contribution in [0.4, 0.5) is 0 Å². The van der Waals surface area contributed by atoms with Crippen LogP contribution in [0.5, 0.6) is 0 Å². The number of hydrogen-bond acceptors (Lipinski definition) is 2. The van der Waals surface area contributed by atoms with E-state index in [2.05, 4.69) is 30.3 Å². The van der Waals surface area contributed by atoms with E-state index in [0.29, 0.717) is 19.5 Å². The first-order chi connectivity index (χ1) is 11.6. The van der Waals surface area contributed by atoms with E-state index in [1.54, 1.807) is 4.90 Å². The molecule has 0 aliphatic carbocycles. The van der Waals surface area contributed by atoms with Gasteiger partial charge in [0.2, 0.25) is 5.91 Å². The van der Waals surface area contributed by atoms with E-state index in [-0.39, 0.29) is 11.8 Å². The van der Waals surface area contributed by atoms with Gasteiger partial charge in [-0.3, -0.25) is 9.59 Å². The summed E-state index contributed by atoms with van der Waals surface area (Å²) in [6.45, 7) is 2.90. The molecule has 1 fully saturated rings. The maximum absolute atomic E-state index is 12.6. The Morgan fingerprint density at radius 1 is 1.21 bits per heavy atom. The number of nitrogens with one attached hydrogen (secondary N) is 1. The molecule has 5 nitrogen and oxygen atoms in total. The van der Waals surface area contributed by atoms with Gasteiger partial charge in [0.25, 0.3) is 5.91 Å². The smallest absolute Gasteiger partial charge is 0.278 e. The van der Waals surface area contributed by atoms with Gasteiger partial charge >= 0.3 is 0 Å². The number of carbonyl (C=O) groups excluding carboxylic acids is 2. The molecule has 0 aromatic heterocycles. The van der Waals surface area contributed by atoms with Crippen LogP contribution in [-0.2, 0) is 9.59 Å². The fraction of sp³-hybridized carbons (Fsp3) is 0.474. The summed E-state index contributed by atoms with van der Waals surface area (Å²) in [5.74, 6) is -0.312. The standard InChI is InChI=1S/C19H25N3O2/c20-19(24)17-8-4-5-11-22(17)18(23)14-21-12-9-16(10-13-21)15-6-2-1-3-7-15/h1-3,6-7,9,17H,4-5,8,10-14H2,(H2,20,24)/p+1/t17-/m0/s1. The Kier molecular flexibility index (Phi) is 5.30. The van der Waals surface area contributed by atoms with Gasteiger partial charge in [0.05, 0.1) is 13.1 Å². The van der Waals surface area contributed by atoms with Crippen LogP contribution < -0.4 is 10.6 Å². The molecular weight excluding hydrogens is 302 g/mol. The van der Waals surface area contributed by atoms with Crippen LogP contribution in [0.25, 0.3) is 5.57 Å². The van der Waals surface area contributed by atoms with Crippen molar-refractivity contribution in [1.82, 2.24) is 4.90 Å². The number of carbonyl (C=O) groups is 2. The Labute approximate surface area is 143 Å². The van der Waals surface area contributed by atoms with E-state index in [4.69, 9.17) is 5.73 Å². The molecule has 1 aromatic carbocycles. The van der Waals surface area contributed by atoms with E-state index < -0.39 is 6.04 Å². The number of quaternary nitrogens is 1. The Morgan fingerprint density at radius 2 is 2.00 bits per heavy atom. The highest BCUT2D eigenvalue weighted by Crippen LogP contribution is 2.18. The number of amides is 2. The van der Waals surface area contributed by atoms with Gasteiger partial charge in [-0.2, -0.15) is 0 Å². The topological polar surface area (TPSA) is 67.8 Å². The molecule has 0 bridgehead atoms. The molecule has 5 heteroatoms. The second kappa shape index (κ2) is 7.62. The molecule has 3 N–H and O–H groups in total. The third kappa shape index (κ3) is 3.85. The average molecular weight is 328 g/mol. The molecule has 2 heterocycles. The Hall–Kier alpha value is -2.14. The van der Waals surface area contributed by atoms with Crippen molar-refractivity contribution in [2.45, 2.75) is 31.7 Å². The molecule has 2 amide bonds. The number of hydrogen-bond donors (Lipinski definition) is 2. The second-order valence-corrected chi connectivity index (χ2v) is 6.73. The third-order valence-corrected chi connectivity index (χ3v) is 5.08. The maximum Gasteiger partial charge on any atom is 0.278 e. The molecule has 128 valence electrons.